The number of carbonyl (C=O) groups is 1. The Morgan fingerprint density at radius 2 is 2.25 bits per heavy atom. The van der Waals surface area contributed by atoms with Crippen LogP contribution in [0.25, 0.3) is 0 Å². The van der Waals surface area contributed by atoms with E-state index in [0.29, 0.717) is 11.4 Å². The van der Waals surface area contributed by atoms with Gasteiger partial charge in [-0.1, -0.05) is 17.7 Å². The summed E-state index contributed by atoms with van der Waals surface area (Å²) in [6, 6.07) is 3.99. The summed E-state index contributed by atoms with van der Waals surface area (Å²) >= 11 is 6.17. The lowest BCUT2D eigenvalue weighted by molar-refractivity contribution is -0.107. The van der Waals surface area contributed by atoms with Crippen LogP contribution < -0.4 is 4.74 Å². The third kappa shape index (κ3) is 2.22. The van der Waals surface area contributed by atoms with E-state index in [4.69, 9.17) is 16.3 Å². The second-order valence-corrected chi connectivity index (χ2v) is 5.22. The zero-order valence-electron chi connectivity index (χ0n) is 9.55. The highest BCUT2D eigenvalue weighted by molar-refractivity contribution is 6.32. The van der Waals surface area contributed by atoms with E-state index in [2.05, 4.69) is 19.9 Å². The quantitative estimate of drug-likeness (QED) is 0.756. The summed E-state index contributed by atoms with van der Waals surface area (Å²) in [6.07, 6.45) is 3.09. The van der Waals surface area contributed by atoms with E-state index in [-0.39, 0.29) is 5.60 Å². The molecule has 1 aromatic rings. The monoisotopic (exact) mass is 238 g/mol. The maximum atomic E-state index is 10.3. The molecule has 0 saturated carbocycles. The minimum absolute atomic E-state index is 0.171. The van der Waals surface area contributed by atoms with Crippen LogP contribution in [0.1, 0.15) is 31.4 Å². The molecule has 0 N–H and O–H groups in total. The van der Waals surface area contributed by atoms with Crippen molar-refractivity contribution in [3.05, 3.63) is 28.3 Å². The van der Waals surface area contributed by atoms with Gasteiger partial charge >= 0.3 is 0 Å². The van der Waals surface area contributed by atoms with Crippen LogP contribution in [0.15, 0.2) is 12.1 Å². The molecule has 1 heterocycles. The average molecular weight is 239 g/mol. The van der Waals surface area contributed by atoms with Gasteiger partial charge in [-0.2, -0.15) is 0 Å². The summed E-state index contributed by atoms with van der Waals surface area (Å²) in [6.45, 7) is 4.10. The summed E-state index contributed by atoms with van der Waals surface area (Å²) in [7, 11) is 0. The van der Waals surface area contributed by atoms with Crippen LogP contribution in [0, 0.1) is 0 Å². The van der Waals surface area contributed by atoms with Crippen LogP contribution in [-0.4, -0.2) is 11.9 Å². The predicted molar refractivity (Wildman–Crippen MR) is 64.2 cm³/mol. The second kappa shape index (κ2) is 4.10. The molecular weight excluding hydrogens is 224 g/mol. The van der Waals surface area contributed by atoms with Crippen molar-refractivity contribution in [1.82, 2.24) is 0 Å². The van der Waals surface area contributed by atoms with E-state index in [1.807, 2.05) is 6.07 Å². The molecule has 0 unspecified atom stereocenters. The summed E-state index contributed by atoms with van der Waals surface area (Å²) in [5.74, 6) is 0.807. The zero-order valence-corrected chi connectivity index (χ0v) is 10.3. The van der Waals surface area contributed by atoms with E-state index >= 15 is 0 Å². The van der Waals surface area contributed by atoms with Crippen molar-refractivity contribution in [2.45, 2.75) is 38.7 Å². The Bertz CT molecular complexity index is 424. The first kappa shape index (κ1) is 11.5. The van der Waals surface area contributed by atoms with Crippen molar-refractivity contribution in [2.24, 2.45) is 0 Å². The van der Waals surface area contributed by atoms with Crippen LogP contribution in [0.3, 0.4) is 0 Å². The van der Waals surface area contributed by atoms with Crippen molar-refractivity contribution in [1.29, 1.82) is 0 Å². The molecule has 0 aromatic heterocycles. The maximum absolute atomic E-state index is 10.3. The summed E-state index contributed by atoms with van der Waals surface area (Å²) in [5.41, 5.74) is 2.09. The second-order valence-electron chi connectivity index (χ2n) is 4.81. The average Bonchev–Trinajstić information content (AvgIpc) is 2.50. The number of rotatable bonds is 3. The highest BCUT2D eigenvalue weighted by Gasteiger charge is 2.31. The number of fused-ring (bicyclic) bond motifs is 1. The minimum atomic E-state index is -0.171. The Labute approximate surface area is 101 Å². The van der Waals surface area contributed by atoms with Crippen LogP contribution in [0.4, 0.5) is 0 Å². The number of halogens is 1. The van der Waals surface area contributed by atoms with E-state index in [1.54, 1.807) is 0 Å². The van der Waals surface area contributed by atoms with Crippen LogP contribution in [0.5, 0.6) is 5.75 Å². The summed E-state index contributed by atoms with van der Waals surface area (Å²) in [5, 5.41) is 0.656. The largest absolute Gasteiger partial charge is 0.486 e. The lowest BCUT2D eigenvalue weighted by Gasteiger charge is -2.17. The van der Waals surface area contributed by atoms with E-state index < -0.39 is 0 Å². The first-order chi connectivity index (χ1) is 7.52. The molecule has 1 aliphatic rings. The molecular formula is C13H15ClO2. The third-order valence-electron chi connectivity index (χ3n) is 2.73. The maximum Gasteiger partial charge on any atom is 0.142 e. The van der Waals surface area contributed by atoms with E-state index in [1.165, 1.54) is 0 Å². The number of benzene rings is 1. The Hall–Kier alpha value is -1.02. The van der Waals surface area contributed by atoms with Gasteiger partial charge < -0.3 is 9.53 Å². The van der Waals surface area contributed by atoms with Crippen molar-refractivity contribution in [3.63, 3.8) is 0 Å². The number of aryl methyl sites for hydroxylation is 1. The van der Waals surface area contributed by atoms with Crippen LogP contribution in [-0.2, 0) is 17.6 Å². The van der Waals surface area contributed by atoms with Gasteiger partial charge in [0.05, 0.1) is 5.02 Å². The summed E-state index contributed by atoms with van der Waals surface area (Å²) in [4.78, 5) is 10.3. The molecule has 3 heteroatoms. The Balaban J connectivity index is 2.30. The first-order valence-electron chi connectivity index (χ1n) is 5.46. The van der Waals surface area contributed by atoms with Gasteiger partial charge in [0.15, 0.2) is 0 Å². The van der Waals surface area contributed by atoms with Crippen LogP contribution in [0.2, 0.25) is 5.02 Å². The van der Waals surface area contributed by atoms with Crippen LogP contribution >= 0.6 is 11.6 Å². The Morgan fingerprint density at radius 1 is 1.50 bits per heavy atom. The number of hydrogen-bond acceptors (Lipinski definition) is 2. The van der Waals surface area contributed by atoms with Gasteiger partial charge in [0, 0.05) is 12.8 Å². The molecule has 0 atom stereocenters. The zero-order chi connectivity index (χ0) is 11.8. The molecule has 1 aromatic carbocycles. The molecule has 0 spiro atoms. The molecule has 16 heavy (non-hydrogen) atoms. The summed E-state index contributed by atoms with van der Waals surface area (Å²) < 4.78 is 5.78. The molecule has 0 aliphatic carbocycles. The highest BCUT2D eigenvalue weighted by Crippen LogP contribution is 2.41. The van der Waals surface area contributed by atoms with Crippen molar-refractivity contribution < 1.29 is 9.53 Å². The fourth-order valence-corrected chi connectivity index (χ4v) is 2.40. The standard InChI is InChI=1S/C13H15ClO2/c1-13(2)8-10-6-9(4-3-5-15)7-11(14)12(10)16-13/h5-7H,3-4,8H2,1-2H3. The molecule has 2 rings (SSSR count). The lowest BCUT2D eigenvalue weighted by Crippen LogP contribution is -2.24. The number of hydrogen-bond donors (Lipinski definition) is 0. The Kier molecular flexibility index (Phi) is 2.94. The normalized spacial score (nSPS) is 16.7. The van der Waals surface area contributed by atoms with Gasteiger partial charge in [0.1, 0.15) is 17.6 Å². The molecule has 0 amide bonds. The van der Waals surface area contributed by atoms with Gasteiger partial charge in [-0.05, 0) is 37.5 Å². The number of carbonyl (C=O) groups excluding carboxylic acids is 1. The lowest BCUT2D eigenvalue weighted by atomic mass is 9.99. The molecule has 0 bridgehead atoms. The van der Waals surface area contributed by atoms with Crippen molar-refractivity contribution >= 4 is 17.9 Å². The molecule has 86 valence electrons. The Morgan fingerprint density at radius 3 is 2.94 bits per heavy atom. The smallest absolute Gasteiger partial charge is 0.142 e. The van der Waals surface area contributed by atoms with Gasteiger partial charge in [0.25, 0.3) is 0 Å². The van der Waals surface area contributed by atoms with Gasteiger partial charge in [0.2, 0.25) is 0 Å². The van der Waals surface area contributed by atoms with Crippen molar-refractivity contribution in [3.8, 4) is 5.75 Å². The number of ether oxygens (including phenoxy) is 1. The molecule has 0 radical (unpaired) electrons. The number of aldehydes is 1. The molecule has 2 nitrogen and oxygen atoms in total. The topological polar surface area (TPSA) is 26.3 Å². The van der Waals surface area contributed by atoms with Gasteiger partial charge in [-0.25, -0.2) is 0 Å². The van der Waals surface area contributed by atoms with E-state index in [0.717, 1.165) is 36.0 Å². The molecule has 1 aliphatic heterocycles. The fourth-order valence-electron chi connectivity index (χ4n) is 2.10. The molecule has 0 saturated heterocycles. The van der Waals surface area contributed by atoms with Crippen molar-refractivity contribution in [2.75, 3.05) is 0 Å². The predicted octanol–water partition coefficient (Wildman–Crippen LogP) is 3.19. The SMILES string of the molecule is CC1(C)Cc2cc(CCC=O)cc(Cl)c2O1. The fraction of sp³-hybridized carbons (Fsp3) is 0.462. The van der Waals surface area contributed by atoms with Gasteiger partial charge in [-0.3, -0.25) is 0 Å². The first-order valence-corrected chi connectivity index (χ1v) is 5.83. The van der Waals surface area contributed by atoms with Gasteiger partial charge in [-0.15, -0.1) is 0 Å². The minimum Gasteiger partial charge on any atom is -0.486 e. The molecule has 0 fully saturated rings. The third-order valence-corrected chi connectivity index (χ3v) is 3.01. The van der Waals surface area contributed by atoms with E-state index in [9.17, 15) is 4.79 Å². The highest BCUT2D eigenvalue weighted by atomic mass is 35.5.